The molecule has 2 heterocycles. The molecular weight excluding hydrogens is 198 g/mol. The highest BCUT2D eigenvalue weighted by Crippen LogP contribution is 2.41. The van der Waals surface area contributed by atoms with E-state index in [2.05, 4.69) is 15.3 Å². The molecule has 0 amide bonds. The summed E-state index contributed by atoms with van der Waals surface area (Å²) < 4.78 is 0. The summed E-state index contributed by atoms with van der Waals surface area (Å²) in [5.74, 6) is 0.689. The molecule has 3 rings (SSSR count). The second-order valence-corrected chi connectivity index (χ2v) is 5.26. The number of nitrogens with zero attached hydrogens (tertiary/aromatic N) is 2. The van der Waals surface area contributed by atoms with Crippen molar-refractivity contribution in [3.05, 3.63) is 24.3 Å². The van der Waals surface area contributed by atoms with Crippen molar-refractivity contribution >= 4 is 0 Å². The summed E-state index contributed by atoms with van der Waals surface area (Å²) in [6, 6.07) is 0. The zero-order valence-corrected chi connectivity index (χ0v) is 9.65. The van der Waals surface area contributed by atoms with E-state index >= 15 is 0 Å². The summed E-state index contributed by atoms with van der Waals surface area (Å²) in [5.41, 5.74) is 1.82. The molecule has 0 atom stereocenters. The molecule has 2 fully saturated rings. The zero-order valence-electron chi connectivity index (χ0n) is 9.65. The Labute approximate surface area is 96.7 Å². The predicted octanol–water partition coefficient (Wildman–Crippen LogP) is 2.26. The van der Waals surface area contributed by atoms with E-state index in [9.17, 15) is 0 Å². The minimum atomic E-state index is 0.492. The summed E-state index contributed by atoms with van der Waals surface area (Å²) in [6.07, 6.45) is 13.6. The molecule has 3 nitrogen and oxygen atoms in total. The van der Waals surface area contributed by atoms with Crippen molar-refractivity contribution in [1.29, 1.82) is 0 Å². The van der Waals surface area contributed by atoms with E-state index in [0.717, 1.165) is 0 Å². The van der Waals surface area contributed by atoms with Crippen molar-refractivity contribution in [3.8, 4) is 0 Å². The van der Waals surface area contributed by atoms with Gasteiger partial charge in [-0.05, 0) is 56.6 Å². The van der Waals surface area contributed by atoms with Gasteiger partial charge in [0.2, 0.25) is 0 Å². The second-order valence-electron chi connectivity index (χ2n) is 5.26. The van der Waals surface area contributed by atoms with E-state index in [-0.39, 0.29) is 0 Å². The lowest BCUT2D eigenvalue weighted by Crippen LogP contribution is -2.42. The molecule has 1 spiro atoms. The summed E-state index contributed by atoms with van der Waals surface area (Å²) in [5, 5.41) is 3.71. The Bertz CT molecular complexity index is 333. The van der Waals surface area contributed by atoms with E-state index in [1.165, 1.54) is 50.6 Å². The van der Waals surface area contributed by atoms with Crippen LogP contribution in [0, 0.1) is 0 Å². The van der Waals surface area contributed by atoms with Crippen LogP contribution >= 0.6 is 0 Å². The van der Waals surface area contributed by atoms with Gasteiger partial charge in [-0.2, -0.15) is 0 Å². The van der Waals surface area contributed by atoms with Crippen LogP contribution < -0.4 is 5.32 Å². The molecule has 16 heavy (non-hydrogen) atoms. The van der Waals surface area contributed by atoms with Crippen LogP contribution in [0.4, 0.5) is 0 Å². The Morgan fingerprint density at radius 1 is 1.12 bits per heavy atom. The van der Waals surface area contributed by atoms with Crippen molar-refractivity contribution in [3.63, 3.8) is 0 Å². The SMILES string of the molecule is c1ncc(C2CCC3(CCCN3)CC2)cn1. The van der Waals surface area contributed by atoms with Crippen LogP contribution in [0.5, 0.6) is 0 Å². The third kappa shape index (κ3) is 1.84. The number of rotatable bonds is 1. The Hall–Kier alpha value is -0.960. The van der Waals surface area contributed by atoms with Gasteiger partial charge in [0.05, 0.1) is 0 Å². The maximum atomic E-state index is 4.12. The van der Waals surface area contributed by atoms with Gasteiger partial charge in [-0.15, -0.1) is 0 Å². The van der Waals surface area contributed by atoms with E-state index < -0.39 is 0 Å². The minimum absolute atomic E-state index is 0.492. The van der Waals surface area contributed by atoms with Crippen LogP contribution in [0.15, 0.2) is 18.7 Å². The van der Waals surface area contributed by atoms with Crippen LogP contribution in [-0.2, 0) is 0 Å². The first-order valence-corrected chi connectivity index (χ1v) is 6.38. The molecule has 1 N–H and O–H groups in total. The lowest BCUT2D eigenvalue weighted by atomic mass is 9.74. The van der Waals surface area contributed by atoms with E-state index in [4.69, 9.17) is 0 Å². The maximum Gasteiger partial charge on any atom is 0.115 e. The second kappa shape index (κ2) is 4.13. The number of aromatic nitrogens is 2. The van der Waals surface area contributed by atoms with Gasteiger partial charge in [0.15, 0.2) is 0 Å². The molecule has 3 heteroatoms. The molecule has 86 valence electrons. The van der Waals surface area contributed by atoms with E-state index in [1.807, 2.05) is 12.4 Å². The molecule has 0 unspecified atom stereocenters. The van der Waals surface area contributed by atoms with Crippen molar-refractivity contribution in [2.75, 3.05) is 6.54 Å². The molecular formula is C13H19N3. The smallest absolute Gasteiger partial charge is 0.115 e. The highest BCUT2D eigenvalue weighted by atomic mass is 15.0. The Kier molecular flexibility index (Phi) is 2.64. The molecule has 1 aliphatic carbocycles. The summed E-state index contributed by atoms with van der Waals surface area (Å²) in [6.45, 7) is 1.22. The van der Waals surface area contributed by atoms with Crippen molar-refractivity contribution in [2.24, 2.45) is 0 Å². The van der Waals surface area contributed by atoms with Crippen molar-refractivity contribution < 1.29 is 0 Å². The van der Waals surface area contributed by atoms with Gasteiger partial charge in [0, 0.05) is 17.9 Å². The van der Waals surface area contributed by atoms with Crippen LogP contribution in [-0.4, -0.2) is 22.1 Å². The Morgan fingerprint density at radius 3 is 2.50 bits per heavy atom. The van der Waals surface area contributed by atoms with Gasteiger partial charge in [-0.1, -0.05) is 0 Å². The van der Waals surface area contributed by atoms with Crippen LogP contribution in [0.1, 0.15) is 50.0 Å². The lowest BCUT2D eigenvalue weighted by Gasteiger charge is -2.37. The molecule has 1 aromatic rings. The van der Waals surface area contributed by atoms with E-state index in [1.54, 1.807) is 6.33 Å². The number of hydrogen-bond donors (Lipinski definition) is 1. The molecule has 2 aliphatic rings. The first-order chi connectivity index (χ1) is 7.88. The molecule has 1 aromatic heterocycles. The Balaban J connectivity index is 1.66. The molecule has 1 saturated carbocycles. The highest BCUT2D eigenvalue weighted by molar-refractivity contribution is 5.13. The van der Waals surface area contributed by atoms with Crippen molar-refractivity contribution in [1.82, 2.24) is 15.3 Å². The third-order valence-corrected chi connectivity index (χ3v) is 4.33. The van der Waals surface area contributed by atoms with Crippen LogP contribution in [0.25, 0.3) is 0 Å². The molecule has 1 aliphatic heterocycles. The monoisotopic (exact) mass is 217 g/mol. The van der Waals surface area contributed by atoms with Gasteiger partial charge in [0.1, 0.15) is 6.33 Å². The first-order valence-electron chi connectivity index (χ1n) is 6.38. The van der Waals surface area contributed by atoms with Gasteiger partial charge < -0.3 is 5.32 Å². The fourth-order valence-corrected chi connectivity index (χ4v) is 3.32. The third-order valence-electron chi connectivity index (χ3n) is 4.33. The number of nitrogens with one attached hydrogen (secondary N) is 1. The molecule has 0 bridgehead atoms. The highest BCUT2D eigenvalue weighted by Gasteiger charge is 2.37. The van der Waals surface area contributed by atoms with E-state index in [0.29, 0.717) is 11.5 Å². The average Bonchev–Trinajstić information content (AvgIpc) is 2.80. The number of hydrogen-bond acceptors (Lipinski definition) is 3. The fourth-order valence-electron chi connectivity index (χ4n) is 3.32. The molecule has 0 radical (unpaired) electrons. The lowest BCUT2D eigenvalue weighted by molar-refractivity contribution is 0.243. The van der Waals surface area contributed by atoms with Crippen LogP contribution in [0.3, 0.4) is 0 Å². The normalized spacial score (nSPS) is 34.4. The topological polar surface area (TPSA) is 37.8 Å². The summed E-state index contributed by atoms with van der Waals surface area (Å²) >= 11 is 0. The quantitative estimate of drug-likeness (QED) is 0.784. The average molecular weight is 217 g/mol. The van der Waals surface area contributed by atoms with Gasteiger partial charge in [-0.3, -0.25) is 0 Å². The maximum absolute atomic E-state index is 4.12. The predicted molar refractivity (Wildman–Crippen MR) is 63.2 cm³/mol. The molecule has 0 aromatic carbocycles. The summed E-state index contributed by atoms with van der Waals surface area (Å²) in [7, 11) is 0. The molecule has 1 saturated heterocycles. The van der Waals surface area contributed by atoms with Gasteiger partial charge in [-0.25, -0.2) is 9.97 Å². The van der Waals surface area contributed by atoms with Crippen LogP contribution in [0.2, 0.25) is 0 Å². The Morgan fingerprint density at radius 2 is 1.88 bits per heavy atom. The largest absolute Gasteiger partial charge is 0.311 e. The fraction of sp³-hybridized carbons (Fsp3) is 0.692. The van der Waals surface area contributed by atoms with Crippen molar-refractivity contribution in [2.45, 2.75) is 50.0 Å². The standard InChI is InChI=1S/C13H19N3/c1-4-13(16-7-1)5-2-11(3-6-13)12-8-14-10-15-9-12/h8-11,16H,1-7H2. The van der Waals surface area contributed by atoms with Gasteiger partial charge >= 0.3 is 0 Å². The minimum Gasteiger partial charge on any atom is -0.311 e. The first kappa shape index (κ1) is 10.2. The summed E-state index contributed by atoms with van der Waals surface area (Å²) in [4.78, 5) is 8.24. The van der Waals surface area contributed by atoms with Gasteiger partial charge in [0.25, 0.3) is 0 Å². The zero-order chi connectivity index (χ0) is 10.8.